The van der Waals surface area contributed by atoms with Crippen LogP contribution in [0.1, 0.15) is 27.7 Å². The van der Waals surface area contributed by atoms with Gasteiger partial charge >= 0.3 is 7.12 Å². The summed E-state index contributed by atoms with van der Waals surface area (Å²) in [6.07, 6.45) is 0. The molecule has 29 heavy (non-hydrogen) atoms. The summed E-state index contributed by atoms with van der Waals surface area (Å²) in [5.41, 5.74) is 5.54. The summed E-state index contributed by atoms with van der Waals surface area (Å²) in [4.78, 5) is 0. The van der Waals surface area contributed by atoms with Crippen LogP contribution in [0.3, 0.4) is 0 Å². The SMILES string of the molecule is CC1(C)OB(c2ccc3c4c(cc5ccccc53)-c3ccccc3-c24)OC1(C)C. The summed E-state index contributed by atoms with van der Waals surface area (Å²) in [5.74, 6) is 0. The molecule has 4 aromatic carbocycles. The minimum absolute atomic E-state index is 0.357. The van der Waals surface area contributed by atoms with E-state index >= 15 is 0 Å². The molecule has 0 amide bonds. The lowest BCUT2D eigenvalue weighted by molar-refractivity contribution is 0.00578. The molecule has 1 fully saturated rings. The van der Waals surface area contributed by atoms with Crippen LogP contribution in [0.15, 0.2) is 66.7 Å². The molecule has 0 unspecified atom stereocenters. The Morgan fingerprint density at radius 1 is 0.655 bits per heavy atom. The van der Waals surface area contributed by atoms with Crippen LogP contribution in [0.25, 0.3) is 43.8 Å². The topological polar surface area (TPSA) is 18.5 Å². The van der Waals surface area contributed by atoms with Crippen LogP contribution >= 0.6 is 0 Å². The average Bonchev–Trinajstić information content (AvgIpc) is 3.14. The van der Waals surface area contributed by atoms with E-state index in [9.17, 15) is 0 Å². The van der Waals surface area contributed by atoms with E-state index in [0.29, 0.717) is 0 Å². The molecule has 0 saturated carbocycles. The monoisotopic (exact) mass is 378 g/mol. The van der Waals surface area contributed by atoms with E-state index in [0.717, 1.165) is 5.46 Å². The molecule has 1 aliphatic carbocycles. The molecule has 6 rings (SSSR count). The highest BCUT2D eigenvalue weighted by molar-refractivity contribution is 6.65. The molecule has 1 aliphatic heterocycles. The van der Waals surface area contributed by atoms with Gasteiger partial charge < -0.3 is 9.31 Å². The smallest absolute Gasteiger partial charge is 0.399 e. The molecule has 0 bridgehead atoms. The second kappa shape index (κ2) is 5.50. The Morgan fingerprint density at radius 2 is 1.31 bits per heavy atom. The fourth-order valence-corrected chi connectivity index (χ4v) is 4.82. The molecule has 1 heterocycles. The van der Waals surface area contributed by atoms with E-state index in [1.807, 2.05) is 0 Å². The molecule has 0 spiro atoms. The third kappa shape index (κ3) is 2.20. The van der Waals surface area contributed by atoms with Gasteiger partial charge in [-0.2, -0.15) is 0 Å². The summed E-state index contributed by atoms with van der Waals surface area (Å²) in [7, 11) is -0.370. The first-order valence-corrected chi connectivity index (χ1v) is 10.3. The zero-order chi connectivity index (χ0) is 20.0. The largest absolute Gasteiger partial charge is 0.495 e. The third-order valence-corrected chi connectivity index (χ3v) is 7.05. The van der Waals surface area contributed by atoms with Gasteiger partial charge in [-0.1, -0.05) is 60.7 Å². The summed E-state index contributed by atoms with van der Waals surface area (Å²) in [6, 6.07) is 24.1. The molecule has 0 radical (unpaired) electrons. The Labute approximate surface area is 171 Å². The molecule has 2 nitrogen and oxygen atoms in total. The van der Waals surface area contributed by atoms with Crippen molar-refractivity contribution in [2.75, 3.05) is 0 Å². The zero-order valence-corrected chi connectivity index (χ0v) is 17.2. The Morgan fingerprint density at radius 3 is 2.07 bits per heavy atom. The second-order valence-corrected chi connectivity index (χ2v) is 9.23. The van der Waals surface area contributed by atoms with Gasteiger partial charge in [0.1, 0.15) is 0 Å². The van der Waals surface area contributed by atoms with Crippen molar-refractivity contribution in [1.82, 2.24) is 0 Å². The van der Waals surface area contributed by atoms with Gasteiger partial charge in [0, 0.05) is 0 Å². The van der Waals surface area contributed by atoms with Gasteiger partial charge in [0.25, 0.3) is 0 Å². The minimum atomic E-state index is -0.370. The van der Waals surface area contributed by atoms with Crippen LogP contribution in [-0.2, 0) is 9.31 Å². The van der Waals surface area contributed by atoms with Crippen molar-refractivity contribution >= 4 is 34.1 Å². The fourth-order valence-electron chi connectivity index (χ4n) is 4.82. The predicted octanol–water partition coefficient (Wildman–Crippen LogP) is 5.94. The molecule has 0 aromatic heterocycles. The molecule has 2 aliphatic rings. The molecule has 0 N–H and O–H groups in total. The first kappa shape index (κ1) is 17.3. The van der Waals surface area contributed by atoms with Crippen LogP contribution in [0.4, 0.5) is 0 Å². The van der Waals surface area contributed by atoms with Gasteiger partial charge in [0.15, 0.2) is 0 Å². The van der Waals surface area contributed by atoms with Crippen LogP contribution in [0.2, 0.25) is 0 Å². The highest BCUT2D eigenvalue weighted by atomic mass is 16.7. The van der Waals surface area contributed by atoms with Crippen molar-refractivity contribution in [2.24, 2.45) is 0 Å². The second-order valence-electron chi connectivity index (χ2n) is 9.23. The zero-order valence-electron chi connectivity index (χ0n) is 17.2. The summed E-state index contributed by atoms with van der Waals surface area (Å²) < 4.78 is 12.9. The van der Waals surface area contributed by atoms with Crippen LogP contribution in [-0.4, -0.2) is 18.3 Å². The van der Waals surface area contributed by atoms with Crippen molar-refractivity contribution in [2.45, 2.75) is 38.9 Å². The Kier molecular flexibility index (Phi) is 3.27. The minimum Gasteiger partial charge on any atom is -0.399 e. The quantitative estimate of drug-likeness (QED) is 0.266. The van der Waals surface area contributed by atoms with Crippen molar-refractivity contribution < 1.29 is 9.31 Å². The van der Waals surface area contributed by atoms with Gasteiger partial charge in [-0.05, 0) is 83.0 Å². The van der Waals surface area contributed by atoms with Crippen LogP contribution in [0.5, 0.6) is 0 Å². The summed E-state index contributed by atoms with van der Waals surface area (Å²) >= 11 is 0. The predicted molar refractivity (Wildman–Crippen MR) is 122 cm³/mol. The highest BCUT2D eigenvalue weighted by Gasteiger charge is 2.52. The highest BCUT2D eigenvalue weighted by Crippen LogP contribution is 2.49. The van der Waals surface area contributed by atoms with E-state index in [-0.39, 0.29) is 18.3 Å². The van der Waals surface area contributed by atoms with E-state index in [4.69, 9.17) is 9.31 Å². The maximum Gasteiger partial charge on any atom is 0.495 e. The molecule has 0 atom stereocenters. The lowest BCUT2D eigenvalue weighted by Crippen LogP contribution is -2.41. The summed E-state index contributed by atoms with van der Waals surface area (Å²) in [6.45, 7) is 8.45. The van der Waals surface area contributed by atoms with Gasteiger partial charge in [0.05, 0.1) is 11.2 Å². The Hall–Kier alpha value is -2.62. The van der Waals surface area contributed by atoms with Crippen molar-refractivity contribution in [3.8, 4) is 22.3 Å². The lowest BCUT2D eigenvalue weighted by Gasteiger charge is -2.32. The Balaban J connectivity index is 1.70. The van der Waals surface area contributed by atoms with E-state index in [1.54, 1.807) is 0 Å². The lowest BCUT2D eigenvalue weighted by atomic mass is 9.73. The maximum atomic E-state index is 6.44. The average molecular weight is 378 g/mol. The Bertz CT molecular complexity index is 1300. The molecule has 3 heteroatoms. The van der Waals surface area contributed by atoms with E-state index < -0.39 is 0 Å². The van der Waals surface area contributed by atoms with Crippen molar-refractivity contribution in [3.63, 3.8) is 0 Å². The fraction of sp³-hybridized carbons (Fsp3) is 0.231. The van der Waals surface area contributed by atoms with Gasteiger partial charge in [0.2, 0.25) is 0 Å². The number of hydrogen-bond acceptors (Lipinski definition) is 2. The number of rotatable bonds is 1. The first-order chi connectivity index (χ1) is 13.9. The normalized spacial score (nSPS) is 18.6. The summed E-state index contributed by atoms with van der Waals surface area (Å²) in [5, 5.41) is 5.18. The number of fused-ring (bicyclic) bond motifs is 5. The van der Waals surface area contributed by atoms with Crippen LogP contribution < -0.4 is 5.46 Å². The maximum absolute atomic E-state index is 6.44. The van der Waals surface area contributed by atoms with Crippen molar-refractivity contribution in [3.05, 3.63) is 66.7 Å². The van der Waals surface area contributed by atoms with Crippen LogP contribution in [0, 0.1) is 0 Å². The molecular weight excluding hydrogens is 355 g/mol. The number of benzene rings is 4. The van der Waals surface area contributed by atoms with Gasteiger partial charge in [-0.3, -0.25) is 0 Å². The standard InChI is InChI=1S/C26H23BO2/c1-25(2)26(3,4)29-27(28-25)22-14-13-20-17-10-6-5-9-16(17)15-21-18-11-7-8-12-19(18)24(22)23(20)21/h5-15H,1-4H3. The van der Waals surface area contributed by atoms with Gasteiger partial charge in [-0.15, -0.1) is 0 Å². The molecule has 4 aromatic rings. The third-order valence-electron chi connectivity index (χ3n) is 7.05. The van der Waals surface area contributed by atoms with Gasteiger partial charge in [-0.25, -0.2) is 0 Å². The van der Waals surface area contributed by atoms with E-state index in [2.05, 4.69) is 94.4 Å². The molecular formula is C26H23BO2. The molecule has 142 valence electrons. The van der Waals surface area contributed by atoms with Crippen molar-refractivity contribution in [1.29, 1.82) is 0 Å². The molecule has 1 saturated heterocycles. The number of hydrogen-bond donors (Lipinski definition) is 0. The van der Waals surface area contributed by atoms with E-state index in [1.165, 1.54) is 43.8 Å². The first-order valence-electron chi connectivity index (χ1n) is 10.3.